The summed E-state index contributed by atoms with van der Waals surface area (Å²) in [4.78, 5) is 12.5. The Labute approximate surface area is 166 Å². The molecule has 2 aromatic rings. The molecule has 6 nitrogen and oxygen atoms in total. The minimum absolute atomic E-state index is 0.124. The fraction of sp³-hybridized carbons (Fsp3) is 0.409. The van der Waals surface area contributed by atoms with Gasteiger partial charge in [0.05, 0.1) is 21.3 Å². The number of para-hydroxylation sites is 2. The first-order valence-corrected chi connectivity index (χ1v) is 9.41. The highest BCUT2D eigenvalue weighted by atomic mass is 16.5. The van der Waals surface area contributed by atoms with Gasteiger partial charge in [0.25, 0.3) is 5.91 Å². The Balaban J connectivity index is 1.83. The molecule has 6 heteroatoms. The smallest absolute Gasteiger partial charge is 0.261 e. The maximum absolute atomic E-state index is 12.5. The van der Waals surface area contributed by atoms with Gasteiger partial charge in [0, 0.05) is 6.54 Å². The Hall–Kier alpha value is -2.89. The number of ether oxygens (including phenoxy) is 4. The summed E-state index contributed by atoms with van der Waals surface area (Å²) in [5, 5.41) is 2.95. The van der Waals surface area contributed by atoms with Crippen LogP contribution in [-0.2, 0) is 11.2 Å². The zero-order valence-corrected chi connectivity index (χ0v) is 17.0. The Morgan fingerprint density at radius 3 is 2.21 bits per heavy atom. The van der Waals surface area contributed by atoms with Crippen molar-refractivity contribution in [2.75, 3.05) is 27.9 Å². The van der Waals surface area contributed by atoms with Crippen LogP contribution in [0, 0.1) is 0 Å². The predicted octanol–water partition coefficient (Wildman–Crippen LogP) is 3.62. The molecule has 1 amide bonds. The van der Waals surface area contributed by atoms with Crippen molar-refractivity contribution in [2.45, 2.75) is 32.3 Å². The minimum Gasteiger partial charge on any atom is -0.493 e. The monoisotopic (exact) mass is 387 g/mol. The molecule has 0 heterocycles. The number of hydrogen-bond acceptors (Lipinski definition) is 5. The summed E-state index contributed by atoms with van der Waals surface area (Å²) in [5.41, 5.74) is 1.13. The molecule has 0 spiro atoms. The lowest BCUT2D eigenvalue weighted by molar-refractivity contribution is -0.128. The first-order chi connectivity index (χ1) is 13.6. The standard InChI is InChI=1S/C22H29NO5/c1-5-17(28-20-11-7-6-10-18(20)25-2)22(24)23-14-8-9-16-12-13-19(26-3)21(15-16)27-4/h6-7,10-13,15,17H,5,8-9,14H2,1-4H3,(H,23,24). The van der Waals surface area contributed by atoms with Gasteiger partial charge in [-0.2, -0.15) is 0 Å². The zero-order valence-electron chi connectivity index (χ0n) is 17.0. The van der Waals surface area contributed by atoms with E-state index in [9.17, 15) is 4.79 Å². The van der Waals surface area contributed by atoms with E-state index in [2.05, 4.69) is 5.32 Å². The minimum atomic E-state index is -0.558. The summed E-state index contributed by atoms with van der Waals surface area (Å²) in [6.07, 6.45) is 1.65. The largest absolute Gasteiger partial charge is 0.493 e. The summed E-state index contributed by atoms with van der Waals surface area (Å²) in [6.45, 7) is 2.49. The predicted molar refractivity (Wildman–Crippen MR) is 109 cm³/mol. The molecule has 1 N–H and O–H groups in total. The highest BCUT2D eigenvalue weighted by Crippen LogP contribution is 2.28. The number of hydrogen-bond donors (Lipinski definition) is 1. The van der Waals surface area contributed by atoms with Gasteiger partial charge in [0.2, 0.25) is 0 Å². The molecule has 0 aromatic heterocycles. The van der Waals surface area contributed by atoms with Crippen LogP contribution >= 0.6 is 0 Å². The number of carbonyl (C=O) groups excluding carboxylic acids is 1. The number of aryl methyl sites for hydroxylation is 1. The van der Waals surface area contributed by atoms with Crippen LogP contribution in [0.4, 0.5) is 0 Å². The van der Waals surface area contributed by atoms with Gasteiger partial charge in [-0.3, -0.25) is 4.79 Å². The molecule has 0 aliphatic rings. The zero-order chi connectivity index (χ0) is 20.4. The van der Waals surface area contributed by atoms with Crippen molar-refractivity contribution in [1.29, 1.82) is 0 Å². The fourth-order valence-electron chi connectivity index (χ4n) is 2.85. The second-order valence-electron chi connectivity index (χ2n) is 6.25. The lowest BCUT2D eigenvalue weighted by atomic mass is 10.1. The maximum atomic E-state index is 12.5. The van der Waals surface area contributed by atoms with Gasteiger partial charge in [-0.15, -0.1) is 0 Å². The number of nitrogens with one attached hydrogen (secondary N) is 1. The van der Waals surface area contributed by atoms with Crippen molar-refractivity contribution in [3.63, 3.8) is 0 Å². The summed E-state index contributed by atoms with van der Waals surface area (Å²) in [5.74, 6) is 2.47. The Bertz CT molecular complexity index is 762. The number of carbonyl (C=O) groups is 1. The number of amides is 1. The molecule has 2 aromatic carbocycles. The fourth-order valence-corrected chi connectivity index (χ4v) is 2.85. The summed E-state index contributed by atoms with van der Waals surface area (Å²) < 4.78 is 21.7. The summed E-state index contributed by atoms with van der Waals surface area (Å²) in [6, 6.07) is 13.2. The van der Waals surface area contributed by atoms with E-state index in [0.717, 1.165) is 18.4 Å². The Morgan fingerprint density at radius 1 is 0.929 bits per heavy atom. The van der Waals surface area contributed by atoms with E-state index in [1.165, 1.54) is 0 Å². The Morgan fingerprint density at radius 2 is 1.57 bits per heavy atom. The van der Waals surface area contributed by atoms with Crippen molar-refractivity contribution in [2.24, 2.45) is 0 Å². The van der Waals surface area contributed by atoms with Gasteiger partial charge in [-0.25, -0.2) is 0 Å². The van der Waals surface area contributed by atoms with Gasteiger partial charge in [-0.05, 0) is 49.1 Å². The molecule has 0 fully saturated rings. The lowest BCUT2D eigenvalue weighted by Gasteiger charge is -2.18. The first kappa shape index (κ1) is 21.4. The molecule has 1 unspecified atom stereocenters. The molecule has 0 aliphatic carbocycles. The molecular formula is C22H29NO5. The number of rotatable bonds is 11. The molecule has 0 saturated heterocycles. The van der Waals surface area contributed by atoms with Gasteiger partial charge >= 0.3 is 0 Å². The van der Waals surface area contributed by atoms with Crippen LogP contribution < -0.4 is 24.3 Å². The molecule has 152 valence electrons. The van der Waals surface area contributed by atoms with E-state index in [-0.39, 0.29) is 5.91 Å². The van der Waals surface area contributed by atoms with Crippen LogP contribution in [0.3, 0.4) is 0 Å². The van der Waals surface area contributed by atoms with Crippen molar-refractivity contribution in [3.05, 3.63) is 48.0 Å². The van der Waals surface area contributed by atoms with Crippen molar-refractivity contribution < 1.29 is 23.7 Å². The van der Waals surface area contributed by atoms with Crippen LogP contribution in [0.15, 0.2) is 42.5 Å². The van der Waals surface area contributed by atoms with Gasteiger partial charge in [-0.1, -0.05) is 25.1 Å². The van der Waals surface area contributed by atoms with Crippen LogP contribution in [0.25, 0.3) is 0 Å². The SMILES string of the molecule is CCC(Oc1ccccc1OC)C(=O)NCCCc1ccc(OC)c(OC)c1. The third kappa shape index (κ3) is 5.81. The molecule has 2 rings (SSSR count). The van der Waals surface area contributed by atoms with E-state index in [0.29, 0.717) is 36.0 Å². The molecule has 0 radical (unpaired) electrons. The van der Waals surface area contributed by atoms with Crippen molar-refractivity contribution in [1.82, 2.24) is 5.32 Å². The Kier molecular flexibility index (Phi) is 8.46. The summed E-state index contributed by atoms with van der Waals surface area (Å²) in [7, 11) is 4.82. The third-order valence-corrected chi connectivity index (χ3v) is 4.39. The van der Waals surface area contributed by atoms with E-state index >= 15 is 0 Å². The number of methoxy groups -OCH3 is 3. The lowest BCUT2D eigenvalue weighted by Crippen LogP contribution is -2.38. The van der Waals surface area contributed by atoms with E-state index in [4.69, 9.17) is 18.9 Å². The van der Waals surface area contributed by atoms with E-state index in [1.807, 2.05) is 43.3 Å². The third-order valence-electron chi connectivity index (χ3n) is 4.39. The summed E-state index contributed by atoms with van der Waals surface area (Å²) >= 11 is 0. The van der Waals surface area contributed by atoms with Crippen LogP contribution in [-0.4, -0.2) is 39.9 Å². The quantitative estimate of drug-likeness (QED) is 0.597. The second kappa shape index (κ2) is 11.1. The highest BCUT2D eigenvalue weighted by Gasteiger charge is 2.19. The molecule has 0 bridgehead atoms. The van der Waals surface area contributed by atoms with E-state index < -0.39 is 6.10 Å². The molecule has 0 aliphatic heterocycles. The highest BCUT2D eigenvalue weighted by molar-refractivity contribution is 5.81. The normalized spacial score (nSPS) is 11.4. The van der Waals surface area contributed by atoms with Gasteiger partial charge in [0.1, 0.15) is 0 Å². The molecule has 1 atom stereocenters. The van der Waals surface area contributed by atoms with Crippen LogP contribution in [0.5, 0.6) is 23.0 Å². The van der Waals surface area contributed by atoms with Gasteiger partial charge in [0.15, 0.2) is 29.1 Å². The van der Waals surface area contributed by atoms with Crippen molar-refractivity contribution >= 4 is 5.91 Å². The topological polar surface area (TPSA) is 66.0 Å². The van der Waals surface area contributed by atoms with Crippen molar-refractivity contribution in [3.8, 4) is 23.0 Å². The number of benzene rings is 2. The van der Waals surface area contributed by atoms with Gasteiger partial charge < -0.3 is 24.3 Å². The second-order valence-corrected chi connectivity index (χ2v) is 6.25. The maximum Gasteiger partial charge on any atom is 0.261 e. The average Bonchev–Trinajstić information content (AvgIpc) is 2.74. The van der Waals surface area contributed by atoms with E-state index in [1.54, 1.807) is 27.4 Å². The average molecular weight is 387 g/mol. The molecular weight excluding hydrogens is 358 g/mol. The van der Waals surface area contributed by atoms with Crippen LogP contribution in [0.1, 0.15) is 25.3 Å². The first-order valence-electron chi connectivity index (χ1n) is 9.41. The molecule has 0 saturated carbocycles. The van der Waals surface area contributed by atoms with Crippen LogP contribution in [0.2, 0.25) is 0 Å². The molecule has 28 heavy (non-hydrogen) atoms.